The number of unbranched alkanes of at least 4 members (excludes halogenated alkanes) is 24. The monoisotopic (exact) mass is 894 g/mol. The SMILES string of the molecule is CCCCC/C=C\C/C=C\CCCCCCCC(=O)OCC(COP(=O)([O-])OCC[N+](C)(C)C)OC(=O)CCCCCCCCCCCCC/C=C\C/C=C\CCCCCCC. The van der Waals surface area contributed by atoms with Crippen molar-refractivity contribution in [2.75, 3.05) is 47.5 Å². The van der Waals surface area contributed by atoms with E-state index < -0.39 is 32.5 Å². The lowest BCUT2D eigenvalue weighted by Crippen LogP contribution is -2.37. The van der Waals surface area contributed by atoms with Gasteiger partial charge in [0.1, 0.15) is 19.8 Å². The van der Waals surface area contributed by atoms with E-state index in [9.17, 15) is 19.0 Å². The molecule has 0 rings (SSSR count). The third-order valence-corrected chi connectivity index (χ3v) is 11.8. The van der Waals surface area contributed by atoms with Crippen molar-refractivity contribution in [3.05, 3.63) is 48.6 Å². The first-order chi connectivity index (χ1) is 30.0. The summed E-state index contributed by atoms with van der Waals surface area (Å²) < 4.78 is 34.0. The van der Waals surface area contributed by atoms with Crippen molar-refractivity contribution in [2.24, 2.45) is 0 Å². The normalized spacial score (nSPS) is 13.8. The number of hydrogen-bond acceptors (Lipinski definition) is 8. The summed E-state index contributed by atoms with van der Waals surface area (Å²) in [6.45, 7) is 4.19. The van der Waals surface area contributed by atoms with Crippen molar-refractivity contribution in [3.63, 3.8) is 0 Å². The number of phosphoric ester groups is 1. The molecule has 0 spiro atoms. The minimum absolute atomic E-state index is 0.0345. The third-order valence-electron chi connectivity index (χ3n) is 10.8. The van der Waals surface area contributed by atoms with Crippen LogP contribution in [0.2, 0.25) is 0 Å². The van der Waals surface area contributed by atoms with Gasteiger partial charge in [0.05, 0.1) is 27.7 Å². The van der Waals surface area contributed by atoms with Crippen molar-refractivity contribution >= 4 is 19.8 Å². The van der Waals surface area contributed by atoms with E-state index in [0.29, 0.717) is 23.9 Å². The number of ether oxygens (including phenoxy) is 2. The van der Waals surface area contributed by atoms with Crippen molar-refractivity contribution in [2.45, 2.75) is 225 Å². The van der Waals surface area contributed by atoms with Gasteiger partial charge in [-0.3, -0.25) is 14.2 Å². The molecule has 0 radical (unpaired) electrons. The second-order valence-electron chi connectivity index (χ2n) is 18.2. The molecule has 0 fully saturated rings. The Hall–Kier alpha value is -2.03. The summed E-state index contributed by atoms with van der Waals surface area (Å²) in [5, 5.41) is 0. The average Bonchev–Trinajstić information content (AvgIpc) is 3.23. The summed E-state index contributed by atoms with van der Waals surface area (Å²) in [4.78, 5) is 37.7. The molecule has 62 heavy (non-hydrogen) atoms. The molecule has 2 atom stereocenters. The van der Waals surface area contributed by atoms with Crippen LogP contribution in [0.1, 0.15) is 219 Å². The Balaban J connectivity index is 4.25. The molecule has 0 amide bonds. The van der Waals surface area contributed by atoms with Gasteiger partial charge in [0.2, 0.25) is 0 Å². The van der Waals surface area contributed by atoms with Gasteiger partial charge in [-0.25, -0.2) is 0 Å². The molecule has 10 heteroatoms. The Labute approximate surface area is 382 Å². The maximum atomic E-state index is 12.7. The van der Waals surface area contributed by atoms with Crippen molar-refractivity contribution in [1.29, 1.82) is 0 Å². The molecule has 0 aliphatic heterocycles. The molecule has 0 aromatic carbocycles. The summed E-state index contributed by atoms with van der Waals surface area (Å²) in [6.07, 6.45) is 52.8. The lowest BCUT2D eigenvalue weighted by atomic mass is 10.0. The highest BCUT2D eigenvalue weighted by Gasteiger charge is 2.21. The predicted octanol–water partition coefficient (Wildman–Crippen LogP) is 14.4. The average molecular weight is 894 g/mol. The number of esters is 2. The van der Waals surface area contributed by atoms with E-state index in [1.54, 1.807) is 0 Å². The van der Waals surface area contributed by atoms with E-state index in [1.807, 2.05) is 21.1 Å². The van der Waals surface area contributed by atoms with Crippen LogP contribution in [-0.4, -0.2) is 70.0 Å². The van der Waals surface area contributed by atoms with Gasteiger partial charge in [0.15, 0.2) is 6.10 Å². The van der Waals surface area contributed by atoms with Gasteiger partial charge in [-0.1, -0.05) is 178 Å². The fourth-order valence-electron chi connectivity index (χ4n) is 6.83. The Morgan fingerprint density at radius 1 is 0.500 bits per heavy atom. The second kappa shape index (κ2) is 44.2. The summed E-state index contributed by atoms with van der Waals surface area (Å²) >= 11 is 0. The molecule has 9 nitrogen and oxygen atoms in total. The number of nitrogens with zero attached hydrogens (tertiary/aromatic N) is 1. The van der Waals surface area contributed by atoms with E-state index >= 15 is 0 Å². The summed E-state index contributed by atoms with van der Waals surface area (Å²) in [7, 11) is 1.16. The van der Waals surface area contributed by atoms with Gasteiger partial charge in [-0.2, -0.15) is 0 Å². The lowest BCUT2D eigenvalue weighted by Gasteiger charge is -2.28. The van der Waals surface area contributed by atoms with Crippen LogP contribution >= 0.6 is 7.82 Å². The molecule has 0 saturated carbocycles. The number of carbonyl (C=O) groups excluding carboxylic acids is 2. The van der Waals surface area contributed by atoms with Gasteiger partial charge in [-0.15, -0.1) is 0 Å². The van der Waals surface area contributed by atoms with Gasteiger partial charge < -0.3 is 27.9 Å². The van der Waals surface area contributed by atoms with Crippen LogP contribution in [0.4, 0.5) is 0 Å². The van der Waals surface area contributed by atoms with E-state index in [1.165, 1.54) is 116 Å². The first-order valence-electron chi connectivity index (χ1n) is 25.3. The number of phosphoric acid groups is 1. The highest BCUT2D eigenvalue weighted by Crippen LogP contribution is 2.38. The number of carbonyl (C=O) groups is 2. The van der Waals surface area contributed by atoms with Crippen LogP contribution < -0.4 is 4.89 Å². The zero-order valence-corrected chi connectivity index (χ0v) is 41.7. The largest absolute Gasteiger partial charge is 0.756 e. The first kappa shape index (κ1) is 60.0. The van der Waals surface area contributed by atoms with E-state index in [4.69, 9.17) is 18.5 Å². The van der Waals surface area contributed by atoms with Gasteiger partial charge in [-0.05, 0) is 77.0 Å². The second-order valence-corrected chi connectivity index (χ2v) is 19.6. The Bertz CT molecular complexity index is 1190. The number of quaternary nitrogens is 1. The lowest BCUT2D eigenvalue weighted by molar-refractivity contribution is -0.870. The minimum atomic E-state index is -4.63. The Kier molecular flexibility index (Phi) is 42.7. The molecule has 0 aliphatic carbocycles. The molecule has 0 aromatic heterocycles. The molecular formula is C52H96NO8P. The smallest absolute Gasteiger partial charge is 0.306 e. The number of rotatable bonds is 46. The standard InChI is InChI=1S/C52H96NO8P/c1-6-8-10-12-14-16-18-20-22-23-24-25-26-27-28-29-31-33-35-37-39-41-43-45-52(55)61-50(49-60-62(56,57)59-47-46-53(3,4)5)48-58-51(54)44-42-40-38-36-34-32-30-21-19-17-15-13-11-9-7-2/h15,17-18,20-21,23-24,30,50H,6-14,16,19,22,25-29,31-49H2,1-5H3/b17-15-,20-18-,24-23-,30-21-. The van der Waals surface area contributed by atoms with Gasteiger partial charge in [0, 0.05) is 12.8 Å². The van der Waals surface area contributed by atoms with Crippen LogP contribution in [0, 0.1) is 0 Å². The van der Waals surface area contributed by atoms with Crippen LogP contribution in [0.25, 0.3) is 0 Å². The maximum Gasteiger partial charge on any atom is 0.306 e. The van der Waals surface area contributed by atoms with Crippen molar-refractivity contribution in [1.82, 2.24) is 0 Å². The Morgan fingerprint density at radius 3 is 1.31 bits per heavy atom. The third kappa shape index (κ3) is 47.4. The molecular weight excluding hydrogens is 798 g/mol. The van der Waals surface area contributed by atoms with E-state index in [2.05, 4.69) is 62.5 Å². The molecule has 0 N–H and O–H groups in total. The zero-order chi connectivity index (χ0) is 45.7. The van der Waals surface area contributed by atoms with E-state index in [-0.39, 0.29) is 26.1 Å². The predicted molar refractivity (Wildman–Crippen MR) is 259 cm³/mol. The van der Waals surface area contributed by atoms with E-state index in [0.717, 1.165) is 64.2 Å². The fourth-order valence-corrected chi connectivity index (χ4v) is 7.56. The molecule has 0 heterocycles. The highest BCUT2D eigenvalue weighted by atomic mass is 31.2. The Morgan fingerprint density at radius 2 is 0.871 bits per heavy atom. The molecule has 2 unspecified atom stereocenters. The van der Waals surface area contributed by atoms with Crippen molar-refractivity contribution in [3.8, 4) is 0 Å². The summed E-state index contributed by atoms with van der Waals surface area (Å²) in [6, 6.07) is 0. The van der Waals surface area contributed by atoms with Crippen LogP contribution in [0.5, 0.6) is 0 Å². The van der Waals surface area contributed by atoms with Crippen LogP contribution in [0.3, 0.4) is 0 Å². The molecule has 362 valence electrons. The zero-order valence-electron chi connectivity index (χ0n) is 40.8. The molecule has 0 saturated heterocycles. The molecule has 0 bridgehead atoms. The van der Waals surface area contributed by atoms with Crippen molar-refractivity contribution < 1.29 is 42.1 Å². The summed E-state index contributed by atoms with van der Waals surface area (Å²) in [5.41, 5.74) is 0. The highest BCUT2D eigenvalue weighted by molar-refractivity contribution is 7.45. The molecule has 0 aliphatic rings. The number of likely N-dealkylation sites (N-methyl/N-ethyl adjacent to an activating group) is 1. The summed E-state index contributed by atoms with van der Waals surface area (Å²) in [5.74, 6) is -0.850. The first-order valence-corrected chi connectivity index (χ1v) is 26.8. The topological polar surface area (TPSA) is 111 Å². The van der Waals surface area contributed by atoms with Crippen LogP contribution in [0.15, 0.2) is 48.6 Å². The number of hydrogen-bond donors (Lipinski definition) is 0. The molecule has 0 aromatic rings. The quantitative estimate of drug-likeness (QED) is 0.0195. The van der Waals surface area contributed by atoms with Gasteiger partial charge >= 0.3 is 11.9 Å². The minimum Gasteiger partial charge on any atom is -0.756 e. The number of allylic oxidation sites excluding steroid dienone is 8. The fraction of sp³-hybridized carbons (Fsp3) is 0.808. The van der Waals surface area contributed by atoms with Gasteiger partial charge in [0.25, 0.3) is 7.82 Å². The van der Waals surface area contributed by atoms with Crippen LogP contribution in [-0.2, 0) is 32.7 Å². The maximum absolute atomic E-state index is 12.7.